The van der Waals surface area contributed by atoms with Gasteiger partial charge in [-0.25, -0.2) is 9.18 Å². The van der Waals surface area contributed by atoms with E-state index in [1.165, 1.54) is 25.3 Å². The molecule has 25 heavy (non-hydrogen) atoms. The molecule has 1 rings (SSSR count). The predicted molar refractivity (Wildman–Crippen MR) is 92.8 cm³/mol. The van der Waals surface area contributed by atoms with Gasteiger partial charge in [-0.05, 0) is 36.5 Å². The fourth-order valence-electron chi connectivity index (χ4n) is 2.31. The van der Waals surface area contributed by atoms with Crippen molar-refractivity contribution in [3.05, 3.63) is 48.3 Å². The summed E-state index contributed by atoms with van der Waals surface area (Å²) in [5.41, 5.74) is 0.948. The number of hydrogen-bond donors (Lipinski definition) is 2. The molecular formula is C18H25FN2O4. The number of carbonyl (C=O) groups is 2. The van der Waals surface area contributed by atoms with E-state index in [4.69, 9.17) is 9.47 Å². The molecule has 7 heteroatoms. The number of halogens is 1. The lowest BCUT2D eigenvalue weighted by Gasteiger charge is -2.18. The van der Waals surface area contributed by atoms with Crippen LogP contribution in [0.15, 0.2) is 36.9 Å². The van der Waals surface area contributed by atoms with Crippen LogP contribution in [0.4, 0.5) is 9.18 Å². The van der Waals surface area contributed by atoms with Gasteiger partial charge >= 0.3 is 6.09 Å². The predicted octanol–water partition coefficient (Wildman–Crippen LogP) is 2.36. The number of ether oxygens (including phenoxy) is 2. The van der Waals surface area contributed by atoms with Crippen LogP contribution in [0, 0.1) is 5.82 Å². The van der Waals surface area contributed by atoms with Crippen molar-refractivity contribution < 1.29 is 23.5 Å². The lowest BCUT2D eigenvalue weighted by atomic mass is 9.92. The van der Waals surface area contributed by atoms with Crippen molar-refractivity contribution in [2.75, 3.05) is 33.4 Å². The maximum absolute atomic E-state index is 13.1. The Balaban J connectivity index is 2.53. The van der Waals surface area contributed by atoms with E-state index in [-0.39, 0.29) is 30.9 Å². The Hall–Kier alpha value is -2.41. The second kappa shape index (κ2) is 12.0. The van der Waals surface area contributed by atoms with Crippen molar-refractivity contribution in [1.82, 2.24) is 10.6 Å². The number of amides is 2. The van der Waals surface area contributed by atoms with E-state index in [0.29, 0.717) is 25.9 Å². The van der Waals surface area contributed by atoms with Crippen LogP contribution < -0.4 is 10.6 Å². The number of nitrogens with one attached hydrogen (secondary N) is 2. The van der Waals surface area contributed by atoms with Gasteiger partial charge in [0.2, 0.25) is 5.91 Å². The van der Waals surface area contributed by atoms with Crippen LogP contribution in [0.25, 0.3) is 0 Å². The van der Waals surface area contributed by atoms with Crippen LogP contribution in [0.1, 0.15) is 24.3 Å². The van der Waals surface area contributed by atoms with E-state index in [2.05, 4.69) is 17.2 Å². The first-order valence-electron chi connectivity index (χ1n) is 8.09. The molecule has 0 heterocycles. The van der Waals surface area contributed by atoms with Gasteiger partial charge in [0.05, 0.1) is 0 Å². The van der Waals surface area contributed by atoms with E-state index < -0.39 is 6.09 Å². The number of carbonyl (C=O) groups excluding carboxylic acids is 2. The molecule has 0 spiro atoms. The zero-order valence-electron chi connectivity index (χ0n) is 14.4. The molecule has 2 amide bonds. The average Bonchev–Trinajstić information content (AvgIpc) is 2.59. The fourth-order valence-corrected chi connectivity index (χ4v) is 2.31. The summed E-state index contributed by atoms with van der Waals surface area (Å²) in [7, 11) is 1.46. The first-order valence-corrected chi connectivity index (χ1v) is 8.09. The van der Waals surface area contributed by atoms with Crippen LogP contribution in [-0.4, -0.2) is 45.4 Å². The lowest BCUT2D eigenvalue weighted by Crippen LogP contribution is -2.30. The van der Waals surface area contributed by atoms with Crippen molar-refractivity contribution >= 4 is 12.0 Å². The molecular weight excluding hydrogens is 327 g/mol. The first kappa shape index (κ1) is 20.6. The summed E-state index contributed by atoms with van der Waals surface area (Å²) in [6.07, 6.45) is 2.27. The van der Waals surface area contributed by atoms with Gasteiger partial charge in [-0.3, -0.25) is 4.79 Å². The second-order valence-electron chi connectivity index (χ2n) is 5.42. The Morgan fingerprint density at radius 3 is 2.44 bits per heavy atom. The second-order valence-corrected chi connectivity index (χ2v) is 5.42. The largest absolute Gasteiger partial charge is 0.445 e. The van der Waals surface area contributed by atoms with E-state index in [1.54, 1.807) is 12.1 Å². The maximum Gasteiger partial charge on any atom is 0.407 e. The zero-order valence-corrected chi connectivity index (χ0v) is 14.4. The van der Waals surface area contributed by atoms with E-state index in [0.717, 1.165) is 5.56 Å². The SMILES string of the molecule is C=CCOC(=O)NCC[C@@H](CCNC(=O)COC)c1ccc(F)cc1. The number of hydrogen-bond acceptors (Lipinski definition) is 4. The van der Waals surface area contributed by atoms with Crippen LogP contribution in [-0.2, 0) is 14.3 Å². The Kier molecular flexibility index (Phi) is 9.92. The van der Waals surface area contributed by atoms with Gasteiger partial charge < -0.3 is 20.1 Å². The minimum atomic E-state index is -0.508. The normalized spacial score (nSPS) is 11.4. The van der Waals surface area contributed by atoms with Crippen molar-refractivity contribution in [1.29, 1.82) is 0 Å². The molecule has 2 N–H and O–H groups in total. The van der Waals surface area contributed by atoms with Crippen molar-refractivity contribution in [3.63, 3.8) is 0 Å². The molecule has 1 aromatic carbocycles. The molecule has 0 radical (unpaired) electrons. The summed E-state index contributed by atoms with van der Waals surface area (Å²) >= 11 is 0. The third-order valence-corrected chi connectivity index (χ3v) is 3.53. The molecule has 0 aliphatic rings. The highest BCUT2D eigenvalue weighted by Crippen LogP contribution is 2.23. The molecule has 0 saturated heterocycles. The van der Waals surface area contributed by atoms with Gasteiger partial charge in [-0.2, -0.15) is 0 Å². The summed E-state index contributed by atoms with van der Waals surface area (Å²) in [4.78, 5) is 22.9. The number of alkyl carbamates (subject to hydrolysis) is 1. The highest BCUT2D eigenvalue weighted by Gasteiger charge is 2.13. The summed E-state index contributed by atoms with van der Waals surface area (Å²) in [6, 6.07) is 6.23. The molecule has 0 aliphatic heterocycles. The average molecular weight is 352 g/mol. The third kappa shape index (κ3) is 8.85. The third-order valence-electron chi connectivity index (χ3n) is 3.53. The maximum atomic E-state index is 13.1. The summed E-state index contributed by atoms with van der Waals surface area (Å²) in [6.45, 7) is 4.50. The summed E-state index contributed by atoms with van der Waals surface area (Å²) in [5.74, 6) is -0.434. The molecule has 0 fully saturated rings. The molecule has 0 unspecified atom stereocenters. The Bertz CT molecular complexity index is 549. The van der Waals surface area contributed by atoms with Crippen molar-refractivity contribution in [3.8, 4) is 0 Å². The van der Waals surface area contributed by atoms with Gasteiger partial charge in [0.1, 0.15) is 19.0 Å². The molecule has 0 aliphatic carbocycles. The molecule has 6 nitrogen and oxygen atoms in total. The van der Waals surface area contributed by atoms with Crippen LogP contribution in [0.5, 0.6) is 0 Å². The molecule has 0 bridgehead atoms. The van der Waals surface area contributed by atoms with E-state index in [9.17, 15) is 14.0 Å². The highest BCUT2D eigenvalue weighted by atomic mass is 19.1. The molecule has 1 aromatic rings. The van der Waals surface area contributed by atoms with Gasteiger partial charge in [0.15, 0.2) is 0 Å². The van der Waals surface area contributed by atoms with Gasteiger partial charge in [0.25, 0.3) is 0 Å². The molecule has 0 aromatic heterocycles. The Morgan fingerprint density at radius 2 is 1.84 bits per heavy atom. The topological polar surface area (TPSA) is 76.7 Å². The minimum absolute atomic E-state index is 0.0118. The molecule has 0 saturated carbocycles. The standard InChI is InChI=1S/C18H25FN2O4/c1-3-12-25-18(23)21-11-9-15(8-10-20-17(22)13-24-2)14-4-6-16(19)7-5-14/h3-7,15H,1,8-13H2,2H3,(H,20,22)(H,21,23)/t15-/m1/s1. The Labute approximate surface area is 147 Å². The monoisotopic (exact) mass is 352 g/mol. The highest BCUT2D eigenvalue weighted by molar-refractivity contribution is 5.77. The van der Waals surface area contributed by atoms with Gasteiger partial charge in [-0.15, -0.1) is 0 Å². The van der Waals surface area contributed by atoms with Gasteiger partial charge in [0, 0.05) is 20.2 Å². The lowest BCUT2D eigenvalue weighted by molar-refractivity contribution is -0.124. The minimum Gasteiger partial charge on any atom is -0.445 e. The van der Waals surface area contributed by atoms with Crippen LogP contribution in [0.3, 0.4) is 0 Å². The van der Waals surface area contributed by atoms with Crippen molar-refractivity contribution in [2.45, 2.75) is 18.8 Å². The quantitative estimate of drug-likeness (QED) is 0.600. The Morgan fingerprint density at radius 1 is 1.20 bits per heavy atom. The number of benzene rings is 1. The smallest absolute Gasteiger partial charge is 0.407 e. The molecule has 1 atom stereocenters. The number of rotatable bonds is 11. The number of methoxy groups -OCH3 is 1. The molecule has 138 valence electrons. The van der Waals surface area contributed by atoms with Crippen LogP contribution in [0.2, 0.25) is 0 Å². The summed E-state index contributed by atoms with van der Waals surface area (Å²) < 4.78 is 22.7. The zero-order chi connectivity index (χ0) is 18.5. The fraction of sp³-hybridized carbons (Fsp3) is 0.444. The summed E-state index contributed by atoms with van der Waals surface area (Å²) in [5, 5.41) is 5.42. The van der Waals surface area contributed by atoms with E-state index in [1.807, 2.05) is 0 Å². The van der Waals surface area contributed by atoms with Gasteiger partial charge in [-0.1, -0.05) is 24.8 Å². The van der Waals surface area contributed by atoms with Crippen LogP contribution >= 0.6 is 0 Å². The van der Waals surface area contributed by atoms with Crippen molar-refractivity contribution in [2.24, 2.45) is 0 Å². The van der Waals surface area contributed by atoms with E-state index >= 15 is 0 Å². The first-order chi connectivity index (χ1) is 12.1.